The maximum Gasteiger partial charge on any atom is 0.127 e. The van der Waals surface area contributed by atoms with Crippen molar-refractivity contribution in [2.24, 2.45) is 5.84 Å². The van der Waals surface area contributed by atoms with Crippen molar-refractivity contribution in [3.05, 3.63) is 70.5 Å². The lowest BCUT2D eigenvalue weighted by molar-refractivity contribution is 0.338. The summed E-state index contributed by atoms with van der Waals surface area (Å²) in [6.45, 7) is 4.20. The van der Waals surface area contributed by atoms with Crippen molar-refractivity contribution in [1.82, 2.24) is 5.43 Å². The second-order valence-electron chi connectivity index (χ2n) is 5.75. The van der Waals surface area contributed by atoms with E-state index >= 15 is 0 Å². The Morgan fingerprint density at radius 3 is 2.43 bits per heavy atom. The summed E-state index contributed by atoms with van der Waals surface area (Å²) in [6, 6.07) is 14.7. The maximum atomic E-state index is 14.0. The van der Waals surface area contributed by atoms with Crippen LogP contribution in [0.15, 0.2) is 48.5 Å². The monoisotopic (exact) mass is 306 g/mol. The van der Waals surface area contributed by atoms with Crippen molar-refractivity contribution in [1.29, 1.82) is 0 Å². The minimum Gasteiger partial charge on any atom is -0.271 e. The van der Waals surface area contributed by atoms with E-state index < -0.39 is 0 Å². The quantitative estimate of drug-likeness (QED) is 0.651. The third-order valence-electron chi connectivity index (χ3n) is 4.03. The van der Waals surface area contributed by atoms with Crippen LogP contribution in [0.2, 0.25) is 5.02 Å². The predicted octanol–water partition coefficient (Wildman–Crippen LogP) is 3.83. The van der Waals surface area contributed by atoms with E-state index in [1.165, 1.54) is 6.07 Å². The first-order chi connectivity index (χ1) is 9.95. The average Bonchev–Trinajstić information content (AvgIpc) is 2.47. The largest absolute Gasteiger partial charge is 0.271 e. The van der Waals surface area contributed by atoms with E-state index in [1.54, 1.807) is 12.1 Å². The Labute approximate surface area is 130 Å². The smallest absolute Gasteiger partial charge is 0.127 e. The van der Waals surface area contributed by atoms with Gasteiger partial charge in [-0.25, -0.2) is 4.39 Å². The van der Waals surface area contributed by atoms with Crippen molar-refractivity contribution in [3.8, 4) is 0 Å². The SMILES string of the molecule is CC(C)(c1ccccc1)C(Cc1ccc(Cl)cc1F)NN. The lowest BCUT2D eigenvalue weighted by Crippen LogP contribution is -2.49. The highest BCUT2D eigenvalue weighted by Crippen LogP contribution is 2.29. The van der Waals surface area contributed by atoms with Gasteiger partial charge in [-0.05, 0) is 29.7 Å². The van der Waals surface area contributed by atoms with Crippen molar-refractivity contribution in [2.45, 2.75) is 31.7 Å². The minimum absolute atomic E-state index is 0.101. The second kappa shape index (κ2) is 6.56. The van der Waals surface area contributed by atoms with Gasteiger partial charge < -0.3 is 0 Å². The number of rotatable bonds is 5. The molecule has 0 saturated carbocycles. The summed E-state index contributed by atoms with van der Waals surface area (Å²) in [6.07, 6.45) is 0.487. The zero-order chi connectivity index (χ0) is 15.5. The highest BCUT2D eigenvalue weighted by Gasteiger charge is 2.31. The van der Waals surface area contributed by atoms with Crippen LogP contribution in [0.3, 0.4) is 0 Å². The van der Waals surface area contributed by atoms with Gasteiger partial charge in [0.25, 0.3) is 0 Å². The number of halogens is 2. The molecule has 2 aromatic carbocycles. The van der Waals surface area contributed by atoms with Gasteiger partial charge in [-0.1, -0.05) is 61.8 Å². The molecule has 0 aromatic heterocycles. The molecule has 21 heavy (non-hydrogen) atoms. The molecule has 0 aliphatic carbocycles. The molecule has 0 spiro atoms. The number of benzene rings is 2. The summed E-state index contributed by atoms with van der Waals surface area (Å²) in [4.78, 5) is 0. The van der Waals surface area contributed by atoms with Gasteiger partial charge in [0.2, 0.25) is 0 Å². The fraction of sp³-hybridized carbons (Fsp3) is 0.294. The molecule has 2 nitrogen and oxygen atoms in total. The first-order valence-electron chi connectivity index (χ1n) is 6.90. The van der Waals surface area contributed by atoms with Gasteiger partial charge >= 0.3 is 0 Å². The van der Waals surface area contributed by atoms with E-state index in [9.17, 15) is 4.39 Å². The highest BCUT2D eigenvalue weighted by atomic mass is 35.5. The van der Waals surface area contributed by atoms with Crippen molar-refractivity contribution < 1.29 is 4.39 Å². The predicted molar refractivity (Wildman–Crippen MR) is 85.7 cm³/mol. The molecule has 0 aliphatic heterocycles. The van der Waals surface area contributed by atoms with E-state index in [1.807, 2.05) is 18.2 Å². The van der Waals surface area contributed by atoms with Crippen molar-refractivity contribution >= 4 is 11.6 Å². The summed E-state index contributed by atoms with van der Waals surface area (Å²) < 4.78 is 14.0. The Bertz CT molecular complexity index is 599. The van der Waals surface area contributed by atoms with Gasteiger partial charge in [-0.3, -0.25) is 11.3 Å². The highest BCUT2D eigenvalue weighted by molar-refractivity contribution is 6.30. The second-order valence-corrected chi connectivity index (χ2v) is 6.18. The number of hydrogen-bond acceptors (Lipinski definition) is 2. The number of hydrogen-bond donors (Lipinski definition) is 2. The van der Waals surface area contributed by atoms with Crippen LogP contribution in [0.5, 0.6) is 0 Å². The topological polar surface area (TPSA) is 38.0 Å². The Balaban J connectivity index is 2.27. The molecule has 112 valence electrons. The van der Waals surface area contributed by atoms with Gasteiger partial charge in [-0.2, -0.15) is 0 Å². The molecule has 0 aliphatic rings. The molecule has 1 unspecified atom stereocenters. The molecule has 2 rings (SSSR count). The average molecular weight is 307 g/mol. The molecule has 4 heteroatoms. The molecule has 0 amide bonds. The lowest BCUT2D eigenvalue weighted by atomic mass is 9.75. The Morgan fingerprint density at radius 1 is 1.19 bits per heavy atom. The van der Waals surface area contributed by atoms with Gasteiger partial charge in [0.05, 0.1) is 0 Å². The van der Waals surface area contributed by atoms with E-state index in [0.29, 0.717) is 17.0 Å². The summed E-state index contributed by atoms with van der Waals surface area (Å²) >= 11 is 5.79. The molecule has 0 heterocycles. The molecule has 2 aromatic rings. The summed E-state index contributed by atoms with van der Waals surface area (Å²) in [5, 5.41) is 0.399. The van der Waals surface area contributed by atoms with Crippen LogP contribution in [-0.2, 0) is 11.8 Å². The molecule has 0 bridgehead atoms. The number of nitrogens with one attached hydrogen (secondary N) is 1. The molecule has 0 fully saturated rings. The van der Waals surface area contributed by atoms with Crippen LogP contribution >= 0.6 is 11.6 Å². The maximum absolute atomic E-state index is 14.0. The van der Waals surface area contributed by atoms with Crippen molar-refractivity contribution in [2.75, 3.05) is 0 Å². The normalized spacial score (nSPS) is 13.2. The van der Waals surface area contributed by atoms with Crippen LogP contribution in [0.25, 0.3) is 0 Å². The first kappa shape index (κ1) is 16.0. The Kier molecular flexibility index (Phi) is 4.99. The fourth-order valence-electron chi connectivity index (χ4n) is 2.50. The van der Waals surface area contributed by atoms with Gasteiger partial charge in [0.1, 0.15) is 5.82 Å². The molecule has 1 atom stereocenters. The third kappa shape index (κ3) is 3.62. The van der Waals surface area contributed by atoms with Gasteiger partial charge in [0.15, 0.2) is 0 Å². The van der Waals surface area contributed by atoms with E-state index in [0.717, 1.165) is 5.56 Å². The summed E-state index contributed by atoms with van der Waals surface area (Å²) in [7, 11) is 0. The van der Waals surface area contributed by atoms with Crippen molar-refractivity contribution in [3.63, 3.8) is 0 Å². The minimum atomic E-state index is -0.299. The summed E-state index contributed by atoms with van der Waals surface area (Å²) in [5.74, 6) is 5.43. The lowest BCUT2D eigenvalue weighted by Gasteiger charge is -2.34. The standard InChI is InChI=1S/C17H20ClFN2/c1-17(2,13-6-4-3-5-7-13)16(21-20)10-12-8-9-14(18)11-15(12)19/h3-9,11,16,21H,10,20H2,1-2H3. The zero-order valence-electron chi connectivity index (χ0n) is 12.2. The number of nitrogens with two attached hydrogens (primary N) is 1. The zero-order valence-corrected chi connectivity index (χ0v) is 13.0. The van der Waals surface area contributed by atoms with Gasteiger partial charge in [-0.15, -0.1) is 0 Å². The molecule has 0 saturated heterocycles. The van der Waals surface area contributed by atoms with Crippen LogP contribution in [0, 0.1) is 5.82 Å². The molecule has 3 N–H and O–H groups in total. The molecular formula is C17H20ClFN2. The molecule has 0 radical (unpaired) electrons. The molecular weight excluding hydrogens is 287 g/mol. The van der Waals surface area contributed by atoms with Crippen LogP contribution in [0.1, 0.15) is 25.0 Å². The third-order valence-corrected chi connectivity index (χ3v) is 4.26. The fourth-order valence-corrected chi connectivity index (χ4v) is 2.66. The van der Waals surface area contributed by atoms with Crippen LogP contribution < -0.4 is 11.3 Å². The van der Waals surface area contributed by atoms with E-state index in [4.69, 9.17) is 17.4 Å². The van der Waals surface area contributed by atoms with Gasteiger partial charge in [0, 0.05) is 16.5 Å². The van der Waals surface area contributed by atoms with Crippen LogP contribution in [0.4, 0.5) is 4.39 Å². The number of hydrazine groups is 1. The first-order valence-corrected chi connectivity index (χ1v) is 7.28. The Morgan fingerprint density at radius 2 is 1.86 bits per heavy atom. The van der Waals surface area contributed by atoms with Crippen LogP contribution in [-0.4, -0.2) is 6.04 Å². The Hall–Kier alpha value is -1.42. The van der Waals surface area contributed by atoms with E-state index in [-0.39, 0.29) is 17.3 Å². The van der Waals surface area contributed by atoms with E-state index in [2.05, 4.69) is 31.4 Å². The summed E-state index contributed by atoms with van der Waals surface area (Å²) in [5.41, 5.74) is 4.36.